The normalized spacial score (nSPS) is 25.0. The Morgan fingerprint density at radius 1 is 1.08 bits per heavy atom. The summed E-state index contributed by atoms with van der Waals surface area (Å²) >= 11 is 12.0. The van der Waals surface area contributed by atoms with Crippen LogP contribution in [0.1, 0.15) is 36.0 Å². The highest BCUT2D eigenvalue weighted by Gasteiger charge is 2.44. The molecule has 0 saturated carbocycles. The molecule has 2 aliphatic heterocycles. The van der Waals surface area contributed by atoms with Crippen LogP contribution in [0.2, 0.25) is 10.0 Å². The molecule has 0 spiro atoms. The number of pyridine rings is 1. The number of rotatable bonds is 3. The summed E-state index contributed by atoms with van der Waals surface area (Å²) in [5, 5.41) is 0.872. The van der Waals surface area contributed by atoms with Crippen molar-refractivity contribution in [2.75, 3.05) is 0 Å². The van der Waals surface area contributed by atoms with Crippen LogP contribution in [0.5, 0.6) is 5.88 Å². The molecule has 4 nitrogen and oxygen atoms in total. The van der Waals surface area contributed by atoms with Gasteiger partial charge in [0.15, 0.2) is 0 Å². The third kappa shape index (κ3) is 3.33. The lowest BCUT2D eigenvalue weighted by atomic mass is 9.98. The molecule has 2 fully saturated rings. The number of ether oxygens (including phenoxy) is 1. The minimum Gasteiger partial charge on any atom is -0.474 e. The zero-order valence-electron chi connectivity index (χ0n) is 13.6. The monoisotopic (exact) mass is 376 g/mol. The molecule has 6 heteroatoms. The van der Waals surface area contributed by atoms with E-state index in [1.54, 1.807) is 24.4 Å². The molecule has 0 aliphatic carbocycles. The quantitative estimate of drug-likeness (QED) is 0.785. The van der Waals surface area contributed by atoms with Gasteiger partial charge in [-0.2, -0.15) is 0 Å². The van der Waals surface area contributed by atoms with Gasteiger partial charge < -0.3 is 9.64 Å². The standard InChI is InChI=1S/C19H18Cl2N2O2/c20-16-7-4-12(9-17(16)21)19(24)23-13-5-6-14(23)11-15(10-13)25-18-3-1-2-8-22-18/h1-4,7-9,13-15H,5-6,10-11H2. The molecule has 130 valence electrons. The minimum absolute atomic E-state index is 0.0300. The Balaban J connectivity index is 1.48. The van der Waals surface area contributed by atoms with Crippen molar-refractivity contribution in [3.05, 3.63) is 58.2 Å². The van der Waals surface area contributed by atoms with Crippen LogP contribution in [0.15, 0.2) is 42.6 Å². The van der Waals surface area contributed by atoms with Crippen LogP contribution < -0.4 is 4.74 Å². The summed E-state index contributed by atoms with van der Waals surface area (Å²) in [6.07, 6.45) is 5.53. The van der Waals surface area contributed by atoms with Crippen molar-refractivity contribution in [1.29, 1.82) is 0 Å². The van der Waals surface area contributed by atoms with Crippen molar-refractivity contribution in [2.24, 2.45) is 0 Å². The smallest absolute Gasteiger partial charge is 0.254 e. The molecule has 2 saturated heterocycles. The van der Waals surface area contributed by atoms with E-state index < -0.39 is 0 Å². The molecule has 2 unspecified atom stereocenters. The van der Waals surface area contributed by atoms with E-state index in [4.69, 9.17) is 27.9 Å². The molecule has 4 rings (SSSR count). The number of carbonyl (C=O) groups is 1. The Bertz CT molecular complexity index is 770. The van der Waals surface area contributed by atoms with E-state index in [-0.39, 0.29) is 24.1 Å². The number of piperidine rings is 1. The summed E-state index contributed by atoms with van der Waals surface area (Å²) in [6.45, 7) is 0. The summed E-state index contributed by atoms with van der Waals surface area (Å²) in [7, 11) is 0. The van der Waals surface area contributed by atoms with Crippen molar-refractivity contribution in [2.45, 2.75) is 43.9 Å². The second-order valence-corrected chi connectivity index (χ2v) is 7.42. The zero-order chi connectivity index (χ0) is 17.4. The van der Waals surface area contributed by atoms with E-state index in [0.717, 1.165) is 25.7 Å². The first-order chi connectivity index (χ1) is 12.1. The number of amides is 1. The molecular weight excluding hydrogens is 359 g/mol. The van der Waals surface area contributed by atoms with E-state index in [0.29, 0.717) is 21.5 Å². The number of fused-ring (bicyclic) bond motifs is 2. The molecule has 0 radical (unpaired) electrons. The summed E-state index contributed by atoms with van der Waals surface area (Å²) in [5.41, 5.74) is 0.593. The van der Waals surface area contributed by atoms with E-state index in [2.05, 4.69) is 4.98 Å². The van der Waals surface area contributed by atoms with Crippen molar-refractivity contribution < 1.29 is 9.53 Å². The fourth-order valence-electron chi connectivity index (χ4n) is 3.92. The van der Waals surface area contributed by atoms with Gasteiger partial charge in [0.1, 0.15) is 6.10 Å². The summed E-state index contributed by atoms with van der Waals surface area (Å²) in [4.78, 5) is 19.2. The fraction of sp³-hybridized carbons (Fsp3) is 0.368. The highest BCUT2D eigenvalue weighted by atomic mass is 35.5. The number of halogens is 2. The number of nitrogens with zero attached hydrogens (tertiary/aromatic N) is 2. The fourth-order valence-corrected chi connectivity index (χ4v) is 4.22. The van der Waals surface area contributed by atoms with Gasteiger partial charge >= 0.3 is 0 Å². The second-order valence-electron chi connectivity index (χ2n) is 6.61. The molecule has 1 aromatic carbocycles. The van der Waals surface area contributed by atoms with Crippen molar-refractivity contribution in [3.63, 3.8) is 0 Å². The Hall–Kier alpha value is -1.78. The van der Waals surface area contributed by atoms with Gasteiger partial charge in [-0.1, -0.05) is 29.3 Å². The largest absolute Gasteiger partial charge is 0.474 e. The van der Waals surface area contributed by atoms with Crippen LogP contribution in [-0.4, -0.2) is 34.0 Å². The maximum atomic E-state index is 13.0. The molecule has 1 aromatic heterocycles. The SMILES string of the molecule is O=C(c1ccc(Cl)c(Cl)c1)N1C2CCC1CC(Oc1ccccn1)C2. The van der Waals surface area contributed by atoms with Gasteiger partial charge in [0.25, 0.3) is 5.91 Å². The molecule has 2 atom stereocenters. The number of hydrogen-bond donors (Lipinski definition) is 0. The van der Waals surface area contributed by atoms with Gasteiger partial charge in [0.2, 0.25) is 5.88 Å². The van der Waals surface area contributed by atoms with Gasteiger partial charge in [0, 0.05) is 42.8 Å². The maximum absolute atomic E-state index is 13.0. The second kappa shape index (κ2) is 6.85. The summed E-state index contributed by atoms with van der Waals surface area (Å²) < 4.78 is 6.02. The molecule has 0 N–H and O–H groups in total. The van der Waals surface area contributed by atoms with Crippen LogP contribution in [0.4, 0.5) is 0 Å². The van der Waals surface area contributed by atoms with Gasteiger partial charge in [0.05, 0.1) is 10.0 Å². The summed E-state index contributed by atoms with van der Waals surface area (Å²) in [5.74, 6) is 0.679. The lowest BCUT2D eigenvalue weighted by Crippen LogP contribution is -2.49. The zero-order valence-corrected chi connectivity index (χ0v) is 15.1. The number of benzene rings is 1. The molecular formula is C19H18Cl2N2O2. The van der Waals surface area contributed by atoms with Crippen LogP contribution in [0.25, 0.3) is 0 Å². The predicted molar refractivity (Wildman–Crippen MR) is 97.3 cm³/mol. The number of aromatic nitrogens is 1. The Morgan fingerprint density at radius 3 is 2.48 bits per heavy atom. The molecule has 1 amide bonds. The first kappa shape index (κ1) is 16.7. The highest BCUT2D eigenvalue weighted by Crippen LogP contribution is 2.38. The number of hydrogen-bond acceptors (Lipinski definition) is 3. The number of carbonyl (C=O) groups excluding carboxylic acids is 1. The predicted octanol–water partition coefficient (Wildman–Crippen LogP) is 4.60. The van der Waals surface area contributed by atoms with E-state index >= 15 is 0 Å². The molecule has 25 heavy (non-hydrogen) atoms. The minimum atomic E-state index is 0.0300. The van der Waals surface area contributed by atoms with Crippen molar-refractivity contribution in [1.82, 2.24) is 9.88 Å². The average Bonchev–Trinajstić information content (AvgIpc) is 2.88. The average molecular weight is 377 g/mol. The third-order valence-electron chi connectivity index (χ3n) is 5.02. The molecule has 2 aromatic rings. The lowest BCUT2D eigenvalue weighted by molar-refractivity contribution is 0.0348. The van der Waals surface area contributed by atoms with Gasteiger partial charge in [-0.3, -0.25) is 4.79 Å². The van der Waals surface area contributed by atoms with Gasteiger partial charge in [-0.05, 0) is 37.1 Å². The molecule has 2 aliphatic rings. The first-order valence-corrected chi connectivity index (χ1v) is 9.23. The Labute approximate surface area is 156 Å². The molecule has 2 bridgehead atoms. The van der Waals surface area contributed by atoms with Crippen LogP contribution in [-0.2, 0) is 0 Å². The third-order valence-corrected chi connectivity index (χ3v) is 5.76. The van der Waals surface area contributed by atoms with Gasteiger partial charge in [-0.15, -0.1) is 0 Å². The lowest BCUT2D eigenvalue weighted by Gasteiger charge is -2.38. The highest BCUT2D eigenvalue weighted by molar-refractivity contribution is 6.42. The van der Waals surface area contributed by atoms with E-state index in [9.17, 15) is 4.79 Å². The van der Waals surface area contributed by atoms with Crippen LogP contribution >= 0.6 is 23.2 Å². The van der Waals surface area contributed by atoms with Crippen LogP contribution in [0, 0.1) is 0 Å². The van der Waals surface area contributed by atoms with Crippen LogP contribution in [0.3, 0.4) is 0 Å². The van der Waals surface area contributed by atoms with E-state index in [1.165, 1.54) is 0 Å². The first-order valence-electron chi connectivity index (χ1n) is 8.47. The van der Waals surface area contributed by atoms with Gasteiger partial charge in [-0.25, -0.2) is 4.98 Å². The topological polar surface area (TPSA) is 42.4 Å². The molecule has 3 heterocycles. The van der Waals surface area contributed by atoms with Crippen molar-refractivity contribution in [3.8, 4) is 5.88 Å². The Morgan fingerprint density at radius 2 is 1.84 bits per heavy atom. The summed E-state index contributed by atoms with van der Waals surface area (Å²) in [6, 6.07) is 11.1. The van der Waals surface area contributed by atoms with Crippen molar-refractivity contribution >= 4 is 29.1 Å². The maximum Gasteiger partial charge on any atom is 0.254 e. The van der Waals surface area contributed by atoms with E-state index in [1.807, 2.05) is 23.1 Å². The Kier molecular flexibility index (Phi) is 4.57.